The van der Waals surface area contributed by atoms with E-state index in [2.05, 4.69) is 5.32 Å². The Morgan fingerprint density at radius 1 is 1.16 bits per heavy atom. The molecule has 1 aliphatic rings. The second-order valence-corrected chi connectivity index (χ2v) is 5.36. The van der Waals surface area contributed by atoms with Gasteiger partial charge in [0.25, 0.3) is 5.91 Å². The minimum absolute atomic E-state index is 0.0471. The smallest absolute Gasteiger partial charge is 0.262 e. The quantitative estimate of drug-likeness (QED) is 0.670. The summed E-state index contributed by atoms with van der Waals surface area (Å²) in [5.74, 6) is 1.30. The van der Waals surface area contributed by atoms with E-state index in [4.69, 9.17) is 14.2 Å². The maximum atomic E-state index is 12.3. The average Bonchev–Trinajstić information content (AvgIpc) is 2.65. The zero-order valence-electron chi connectivity index (χ0n) is 13.9. The topological polar surface area (TPSA) is 73.9 Å². The van der Waals surface area contributed by atoms with E-state index in [9.17, 15) is 9.59 Å². The first-order valence-electron chi connectivity index (χ1n) is 7.62. The second-order valence-electron chi connectivity index (χ2n) is 5.36. The molecule has 0 aromatic heterocycles. The molecule has 0 bridgehead atoms. The largest absolute Gasteiger partial charge is 0.497 e. The Morgan fingerprint density at radius 2 is 1.92 bits per heavy atom. The highest BCUT2D eigenvalue weighted by Gasteiger charge is 2.20. The van der Waals surface area contributed by atoms with Gasteiger partial charge in [0.2, 0.25) is 0 Å². The molecule has 128 valence electrons. The van der Waals surface area contributed by atoms with Crippen molar-refractivity contribution < 1.29 is 23.8 Å². The number of benzene rings is 2. The lowest BCUT2D eigenvalue weighted by molar-refractivity contribution is -0.118. The van der Waals surface area contributed by atoms with E-state index in [0.29, 0.717) is 34.1 Å². The van der Waals surface area contributed by atoms with E-state index < -0.39 is 0 Å². The van der Waals surface area contributed by atoms with Crippen LogP contribution in [0.25, 0.3) is 6.08 Å². The number of methoxy groups -OCH3 is 2. The zero-order chi connectivity index (χ0) is 17.8. The Bertz CT molecular complexity index is 840. The molecule has 1 aliphatic heterocycles. The Hall–Kier alpha value is -3.28. The van der Waals surface area contributed by atoms with Crippen LogP contribution < -0.4 is 19.5 Å². The number of allylic oxidation sites excluding steroid dienone is 1. The van der Waals surface area contributed by atoms with Gasteiger partial charge in [0.1, 0.15) is 5.75 Å². The number of hydrogen-bond acceptors (Lipinski definition) is 5. The molecule has 6 nitrogen and oxygen atoms in total. The fourth-order valence-electron chi connectivity index (χ4n) is 2.46. The summed E-state index contributed by atoms with van der Waals surface area (Å²) < 4.78 is 15.8. The van der Waals surface area contributed by atoms with Gasteiger partial charge < -0.3 is 19.5 Å². The predicted octanol–water partition coefficient (Wildman–Crippen LogP) is 2.93. The Labute approximate surface area is 145 Å². The van der Waals surface area contributed by atoms with Crippen LogP contribution in [0.5, 0.6) is 17.2 Å². The predicted molar refractivity (Wildman–Crippen MR) is 93.5 cm³/mol. The van der Waals surface area contributed by atoms with Crippen molar-refractivity contribution in [2.24, 2.45) is 0 Å². The summed E-state index contributed by atoms with van der Waals surface area (Å²) in [5.41, 5.74) is 1.79. The van der Waals surface area contributed by atoms with Gasteiger partial charge in [-0.3, -0.25) is 9.59 Å². The van der Waals surface area contributed by atoms with Crippen LogP contribution in [0.2, 0.25) is 0 Å². The van der Waals surface area contributed by atoms with Gasteiger partial charge in [-0.2, -0.15) is 0 Å². The number of nitrogens with one attached hydrogen (secondary N) is 1. The number of amides is 1. The van der Waals surface area contributed by atoms with Crippen molar-refractivity contribution in [3.05, 3.63) is 53.6 Å². The minimum Gasteiger partial charge on any atom is -0.497 e. The number of rotatable bonds is 5. The van der Waals surface area contributed by atoms with E-state index in [1.807, 2.05) is 0 Å². The number of ketones is 1. The Morgan fingerprint density at radius 3 is 2.60 bits per heavy atom. The van der Waals surface area contributed by atoms with Crippen LogP contribution in [-0.4, -0.2) is 32.5 Å². The van der Waals surface area contributed by atoms with Crippen LogP contribution in [0.4, 0.5) is 5.69 Å². The molecular weight excluding hydrogens is 322 g/mol. The number of carbonyl (C=O) groups is 2. The zero-order valence-corrected chi connectivity index (χ0v) is 13.9. The van der Waals surface area contributed by atoms with Crippen molar-refractivity contribution in [2.45, 2.75) is 0 Å². The molecule has 0 radical (unpaired) electrons. The van der Waals surface area contributed by atoms with Crippen LogP contribution >= 0.6 is 0 Å². The van der Waals surface area contributed by atoms with Gasteiger partial charge in [-0.05, 0) is 48.0 Å². The summed E-state index contributed by atoms with van der Waals surface area (Å²) in [5, 5.41) is 2.73. The third-order valence-corrected chi connectivity index (χ3v) is 3.72. The van der Waals surface area contributed by atoms with Crippen LogP contribution in [0.1, 0.15) is 15.9 Å². The van der Waals surface area contributed by atoms with Gasteiger partial charge in [-0.1, -0.05) is 6.08 Å². The van der Waals surface area contributed by atoms with Crippen molar-refractivity contribution >= 4 is 23.5 Å². The fourth-order valence-corrected chi connectivity index (χ4v) is 2.46. The van der Waals surface area contributed by atoms with E-state index in [-0.39, 0.29) is 18.3 Å². The van der Waals surface area contributed by atoms with Crippen LogP contribution in [0.15, 0.2) is 42.5 Å². The molecule has 0 saturated heterocycles. The summed E-state index contributed by atoms with van der Waals surface area (Å²) in [6, 6.07) is 10.3. The standard InChI is InChI=1S/C19H17NO5/c1-23-14-6-4-13(5-7-14)16(21)8-3-12-9-15-19(17(10-12)24-2)25-11-18(22)20-15/h3-10H,11H2,1-2H3,(H,20,22). The van der Waals surface area contributed by atoms with Gasteiger partial charge in [0, 0.05) is 5.56 Å². The highest BCUT2D eigenvalue weighted by molar-refractivity contribution is 6.07. The third kappa shape index (κ3) is 3.63. The molecule has 0 aliphatic carbocycles. The molecule has 0 unspecified atom stereocenters. The summed E-state index contributed by atoms with van der Waals surface area (Å²) >= 11 is 0. The molecule has 0 spiro atoms. The molecule has 6 heteroatoms. The molecular formula is C19H17NO5. The molecule has 0 saturated carbocycles. The Kier molecular flexibility index (Phi) is 4.70. The van der Waals surface area contributed by atoms with Crippen molar-refractivity contribution in [1.82, 2.24) is 0 Å². The van der Waals surface area contributed by atoms with Crippen LogP contribution in [0, 0.1) is 0 Å². The average molecular weight is 339 g/mol. The van der Waals surface area contributed by atoms with Crippen LogP contribution in [0.3, 0.4) is 0 Å². The number of hydrogen-bond donors (Lipinski definition) is 1. The van der Waals surface area contributed by atoms with E-state index in [1.165, 1.54) is 13.2 Å². The second kappa shape index (κ2) is 7.09. The highest BCUT2D eigenvalue weighted by Crippen LogP contribution is 2.39. The van der Waals surface area contributed by atoms with Gasteiger partial charge in [0.15, 0.2) is 23.9 Å². The number of anilines is 1. The normalized spacial score (nSPS) is 13.0. The lowest BCUT2D eigenvalue weighted by Gasteiger charge is -2.20. The number of ether oxygens (including phenoxy) is 3. The van der Waals surface area contributed by atoms with Gasteiger partial charge in [-0.15, -0.1) is 0 Å². The summed E-state index contributed by atoms with van der Waals surface area (Å²) in [6.07, 6.45) is 3.13. The maximum Gasteiger partial charge on any atom is 0.262 e. The van der Waals surface area contributed by atoms with Crippen LogP contribution in [-0.2, 0) is 4.79 Å². The highest BCUT2D eigenvalue weighted by atomic mass is 16.5. The van der Waals surface area contributed by atoms with Crippen molar-refractivity contribution in [3.8, 4) is 17.2 Å². The number of carbonyl (C=O) groups excluding carboxylic acids is 2. The minimum atomic E-state index is -0.231. The molecule has 1 N–H and O–H groups in total. The van der Waals surface area contributed by atoms with Gasteiger partial charge in [0.05, 0.1) is 19.9 Å². The number of fused-ring (bicyclic) bond motifs is 1. The van der Waals surface area contributed by atoms with Gasteiger partial charge in [-0.25, -0.2) is 0 Å². The first-order chi connectivity index (χ1) is 12.1. The molecule has 25 heavy (non-hydrogen) atoms. The summed E-state index contributed by atoms with van der Waals surface area (Å²) in [6.45, 7) is -0.0471. The summed E-state index contributed by atoms with van der Waals surface area (Å²) in [7, 11) is 3.09. The van der Waals surface area contributed by atoms with Gasteiger partial charge >= 0.3 is 0 Å². The van der Waals surface area contributed by atoms with Crippen molar-refractivity contribution in [2.75, 3.05) is 26.1 Å². The lowest BCUT2D eigenvalue weighted by Crippen LogP contribution is -2.25. The molecule has 3 rings (SSSR count). The Balaban J connectivity index is 1.84. The third-order valence-electron chi connectivity index (χ3n) is 3.72. The SMILES string of the molecule is COc1ccc(C(=O)C=Cc2cc3c(c(OC)c2)OCC(=O)N3)cc1. The van der Waals surface area contributed by atoms with E-state index >= 15 is 0 Å². The van der Waals surface area contributed by atoms with Crippen molar-refractivity contribution in [3.63, 3.8) is 0 Å². The molecule has 0 atom stereocenters. The van der Waals surface area contributed by atoms with E-state index in [1.54, 1.807) is 49.6 Å². The summed E-state index contributed by atoms with van der Waals surface area (Å²) in [4.78, 5) is 23.7. The molecule has 1 heterocycles. The molecule has 0 fully saturated rings. The monoisotopic (exact) mass is 339 g/mol. The molecule has 2 aromatic carbocycles. The molecule has 2 aromatic rings. The van der Waals surface area contributed by atoms with Crippen molar-refractivity contribution in [1.29, 1.82) is 0 Å². The maximum absolute atomic E-state index is 12.3. The first-order valence-corrected chi connectivity index (χ1v) is 7.62. The lowest BCUT2D eigenvalue weighted by atomic mass is 10.1. The van der Waals surface area contributed by atoms with E-state index in [0.717, 1.165) is 0 Å². The molecule has 1 amide bonds. The fraction of sp³-hybridized carbons (Fsp3) is 0.158. The first kappa shape index (κ1) is 16.6.